The van der Waals surface area contributed by atoms with E-state index in [1.165, 1.54) is 6.26 Å². The van der Waals surface area contributed by atoms with Crippen LogP contribution in [0.4, 0.5) is 0 Å². The summed E-state index contributed by atoms with van der Waals surface area (Å²) in [6.07, 6.45) is 1.49. The molecule has 1 aromatic carbocycles. The maximum Gasteiger partial charge on any atom is 0.287 e. The van der Waals surface area contributed by atoms with Crippen molar-refractivity contribution in [3.8, 4) is 11.4 Å². The van der Waals surface area contributed by atoms with E-state index in [9.17, 15) is 4.79 Å². The fourth-order valence-corrected chi connectivity index (χ4v) is 1.94. The zero-order valence-corrected chi connectivity index (χ0v) is 11.5. The lowest BCUT2D eigenvalue weighted by Gasteiger charge is -2.00. The maximum absolute atomic E-state index is 11.9. The Kier molecular flexibility index (Phi) is 3.51. The maximum atomic E-state index is 11.9. The van der Waals surface area contributed by atoms with Crippen molar-refractivity contribution < 1.29 is 9.21 Å². The number of hydrogen-bond acceptors (Lipinski definition) is 4. The van der Waals surface area contributed by atoms with Crippen molar-refractivity contribution in [2.45, 2.75) is 13.5 Å². The predicted octanol–water partition coefficient (Wildman–Crippen LogP) is 2.30. The van der Waals surface area contributed by atoms with Crippen LogP contribution in [0.25, 0.3) is 11.4 Å². The van der Waals surface area contributed by atoms with E-state index in [4.69, 9.17) is 4.42 Å². The van der Waals surface area contributed by atoms with Crippen molar-refractivity contribution in [1.82, 2.24) is 20.5 Å². The van der Waals surface area contributed by atoms with Crippen LogP contribution in [0.3, 0.4) is 0 Å². The molecule has 0 fully saturated rings. The van der Waals surface area contributed by atoms with E-state index in [1.54, 1.807) is 6.07 Å². The molecule has 2 heterocycles. The fraction of sp³-hybridized carbons (Fsp3) is 0.133. The number of furan rings is 1. The van der Waals surface area contributed by atoms with Gasteiger partial charge in [0.1, 0.15) is 5.82 Å². The lowest BCUT2D eigenvalue weighted by molar-refractivity contribution is 0.0921. The lowest BCUT2D eigenvalue weighted by Crippen LogP contribution is -2.23. The first-order chi connectivity index (χ1) is 10.2. The molecule has 0 saturated carbocycles. The van der Waals surface area contributed by atoms with Crippen molar-refractivity contribution in [3.63, 3.8) is 0 Å². The molecule has 106 valence electrons. The molecule has 6 nitrogen and oxygen atoms in total. The van der Waals surface area contributed by atoms with Crippen LogP contribution in [-0.4, -0.2) is 21.1 Å². The van der Waals surface area contributed by atoms with Gasteiger partial charge in [0.15, 0.2) is 11.6 Å². The van der Waals surface area contributed by atoms with Gasteiger partial charge in [0, 0.05) is 11.1 Å². The molecule has 0 aliphatic heterocycles. The molecule has 21 heavy (non-hydrogen) atoms. The Hall–Kier alpha value is -2.89. The highest BCUT2D eigenvalue weighted by molar-refractivity contribution is 5.92. The minimum Gasteiger partial charge on any atom is -0.459 e. The van der Waals surface area contributed by atoms with Crippen LogP contribution in [0.5, 0.6) is 0 Å². The molecule has 0 radical (unpaired) electrons. The third-order valence-corrected chi connectivity index (χ3v) is 3.05. The standard InChI is InChI=1S/C15H14N4O2/c1-10-7-8-21-13(10)15(20)16-9-12-17-14(19-18-12)11-5-3-2-4-6-11/h2-8H,9H2,1H3,(H,16,20)(H,17,18,19). The van der Waals surface area contributed by atoms with Crippen LogP contribution in [-0.2, 0) is 6.54 Å². The van der Waals surface area contributed by atoms with E-state index in [-0.39, 0.29) is 12.5 Å². The summed E-state index contributed by atoms with van der Waals surface area (Å²) in [5, 5.41) is 9.69. The quantitative estimate of drug-likeness (QED) is 0.769. The molecule has 0 unspecified atom stereocenters. The van der Waals surface area contributed by atoms with E-state index >= 15 is 0 Å². The van der Waals surface area contributed by atoms with Gasteiger partial charge in [0.2, 0.25) is 0 Å². The fourth-order valence-electron chi connectivity index (χ4n) is 1.94. The Balaban J connectivity index is 1.66. The van der Waals surface area contributed by atoms with Gasteiger partial charge in [0.05, 0.1) is 12.8 Å². The molecular formula is C15H14N4O2. The summed E-state index contributed by atoms with van der Waals surface area (Å²) < 4.78 is 5.13. The normalized spacial score (nSPS) is 10.5. The number of nitrogens with one attached hydrogen (secondary N) is 2. The molecule has 3 aromatic rings. The molecule has 2 N–H and O–H groups in total. The zero-order valence-electron chi connectivity index (χ0n) is 11.5. The summed E-state index contributed by atoms with van der Waals surface area (Å²) in [6, 6.07) is 11.4. The number of hydrogen-bond donors (Lipinski definition) is 2. The number of nitrogens with zero attached hydrogens (tertiary/aromatic N) is 2. The zero-order chi connectivity index (χ0) is 14.7. The Morgan fingerprint density at radius 3 is 2.81 bits per heavy atom. The second kappa shape index (κ2) is 5.62. The van der Waals surface area contributed by atoms with Gasteiger partial charge in [0.25, 0.3) is 5.91 Å². The summed E-state index contributed by atoms with van der Waals surface area (Å²) in [7, 11) is 0. The Bertz CT molecular complexity index is 746. The van der Waals surface area contributed by atoms with Gasteiger partial charge in [-0.15, -0.1) is 0 Å². The largest absolute Gasteiger partial charge is 0.459 e. The third-order valence-electron chi connectivity index (χ3n) is 3.05. The van der Waals surface area contributed by atoms with Crippen LogP contribution >= 0.6 is 0 Å². The van der Waals surface area contributed by atoms with Crippen LogP contribution in [0.1, 0.15) is 21.9 Å². The number of carbonyl (C=O) groups excluding carboxylic acids is 1. The average molecular weight is 282 g/mol. The SMILES string of the molecule is Cc1ccoc1C(=O)NCc1nc(-c2ccccc2)n[nH]1. The van der Waals surface area contributed by atoms with Crippen LogP contribution in [0.2, 0.25) is 0 Å². The molecule has 1 amide bonds. The summed E-state index contributed by atoms with van der Waals surface area (Å²) in [6.45, 7) is 2.08. The molecule has 0 atom stereocenters. The monoisotopic (exact) mass is 282 g/mol. The minimum absolute atomic E-state index is 0.263. The Morgan fingerprint density at radius 2 is 2.10 bits per heavy atom. The molecule has 3 rings (SSSR count). The van der Waals surface area contributed by atoms with Gasteiger partial charge in [-0.2, -0.15) is 5.10 Å². The predicted molar refractivity (Wildman–Crippen MR) is 76.4 cm³/mol. The lowest BCUT2D eigenvalue weighted by atomic mass is 10.2. The molecule has 0 spiro atoms. The van der Waals surface area contributed by atoms with E-state index in [1.807, 2.05) is 37.3 Å². The first kappa shape index (κ1) is 13.1. The van der Waals surface area contributed by atoms with Crippen LogP contribution in [0.15, 0.2) is 47.1 Å². The molecule has 0 aliphatic rings. The average Bonchev–Trinajstić information content (AvgIpc) is 3.15. The number of aromatic amines is 1. The summed E-state index contributed by atoms with van der Waals surface area (Å²) >= 11 is 0. The molecular weight excluding hydrogens is 268 g/mol. The molecule has 0 bridgehead atoms. The van der Waals surface area contributed by atoms with E-state index in [0.29, 0.717) is 17.4 Å². The van der Waals surface area contributed by atoms with Crippen LogP contribution < -0.4 is 5.32 Å². The van der Waals surface area contributed by atoms with Crippen molar-refractivity contribution in [3.05, 3.63) is 59.8 Å². The van der Waals surface area contributed by atoms with Gasteiger partial charge >= 0.3 is 0 Å². The van der Waals surface area contributed by atoms with Gasteiger partial charge < -0.3 is 9.73 Å². The number of aryl methyl sites for hydroxylation is 1. The Labute approximate surface area is 121 Å². The molecule has 6 heteroatoms. The van der Waals surface area contributed by atoms with Gasteiger partial charge in [-0.05, 0) is 13.0 Å². The first-order valence-corrected chi connectivity index (χ1v) is 6.53. The number of benzene rings is 1. The first-order valence-electron chi connectivity index (χ1n) is 6.53. The highest BCUT2D eigenvalue weighted by Crippen LogP contribution is 2.13. The van der Waals surface area contributed by atoms with Crippen LogP contribution in [0, 0.1) is 6.92 Å². The van der Waals surface area contributed by atoms with Crippen molar-refractivity contribution in [1.29, 1.82) is 0 Å². The minimum atomic E-state index is -0.268. The number of carbonyl (C=O) groups is 1. The summed E-state index contributed by atoms with van der Waals surface area (Å²) in [5.74, 6) is 1.24. The molecule has 2 aromatic heterocycles. The topological polar surface area (TPSA) is 83.8 Å². The van der Waals surface area contributed by atoms with Crippen molar-refractivity contribution >= 4 is 5.91 Å². The third kappa shape index (κ3) is 2.84. The number of aromatic nitrogens is 3. The van der Waals surface area contributed by atoms with E-state index in [2.05, 4.69) is 20.5 Å². The second-order valence-corrected chi connectivity index (χ2v) is 4.59. The van der Waals surface area contributed by atoms with Crippen molar-refractivity contribution in [2.75, 3.05) is 0 Å². The van der Waals surface area contributed by atoms with Gasteiger partial charge in [-0.3, -0.25) is 9.89 Å². The highest BCUT2D eigenvalue weighted by Gasteiger charge is 2.13. The molecule has 0 saturated heterocycles. The van der Waals surface area contributed by atoms with Crippen molar-refractivity contribution in [2.24, 2.45) is 0 Å². The van der Waals surface area contributed by atoms with Gasteiger partial charge in [-0.25, -0.2) is 4.98 Å². The number of amides is 1. The number of H-pyrrole nitrogens is 1. The summed E-state index contributed by atoms with van der Waals surface area (Å²) in [4.78, 5) is 16.3. The van der Waals surface area contributed by atoms with E-state index in [0.717, 1.165) is 11.1 Å². The second-order valence-electron chi connectivity index (χ2n) is 4.59. The smallest absolute Gasteiger partial charge is 0.287 e. The molecule has 0 aliphatic carbocycles. The number of rotatable bonds is 4. The Morgan fingerprint density at radius 1 is 1.29 bits per heavy atom. The highest BCUT2D eigenvalue weighted by atomic mass is 16.3. The summed E-state index contributed by atoms with van der Waals surface area (Å²) in [5.41, 5.74) is 1.73. The van der Waals surface area contributed by atoms with E-state index < -0.39 is 0 Å². The van der Waals surface area contributed by atoms with Gasteiger partial charge in [-0.1, -0.05) is 30.3 Å².